The number of thiophene rings is 1. The number of hydrogen-bond acceptors (Lipinski definition) is 3. The van der Waals surface area contributed by atoms with Gasteiger partial charge in [-0.2, -0.15) is 0 Å². The molecule has 0 bridgehead atoms. The summed E-state index contributed by atoms with van der Waals surface area (Å²) in [5.74, 6) is 0. The number of nitrogens with zero attached hydrogens (tertiary/aromatic N) is 5. The molecule has 2 unspecified atom stereocenters. The Morgan fingerprint density at radius 2 is 0.500 bits per heavy atom. The molecule has 2 aliphatic heterocycles. The van der Waals surface area contributed by atoms with E-state index in [1.54, 1.807) is 0 Å². The summed E-state index contributed by atoms with van der Waals surface area (Å²) >= 11 is 1.86. The Balaban J connectivity index is 0.000000136. The summed E-state index contributed by atoms with van der Waals surface area (Å²) in [5, 5.41) is 10.2. The fourth-order valence-corrected chi connectivity index (χ4v) is 26.9. The molecule has 4 aliphatic rings. The molecule has 5 nitrogen and oxygen atoms in total. The van der Waals surface area contributed by atoms with Crippen LogP contribution in [0.1, 0.15) is 44.5 Å². The van der Waals surface area contributed by atoms with Gasteiger partial charge in [-0.1, -0.05) is 425 Å². The Labute approximate surface area is 849 Å². The van der Waals surface area contributed by atoms with Crippen molar-refractivity contribution in [1.29, 1.82) is 0 Å². The van der Waals surface area contributed by atoms with Crippen molar-refractivity contribution in [1.82, 2.24) is 13.7 Å². The maximum absolute atomic E-state index is 2.54. The summed E-state index contributed by atoms with van der Waals surface area (Å²) in [7, 11) is 0. The minimum absolute atomic E-state index is 0.582. The lowest BCUT2D eigenvalue weighted by Crippen LogP contribution is -2.33. The molecular weight excluding hydrogens is 1780 g/mol. The zero-order valence-electron chi connectivity index (χ0n) is 79.5. The molecule has 2 atom stereocenters. The topological polar surface area (TPSA) is 21.3 Å². The number of hydrogen-bond donors (Lipinski definition) is 0. The number of anilines is 6. The zero-order chi connectivity index (χ0) is 95.8. The normalized spacial score (nSPS) is 14.2. The standard InChI is InChI=1S/C73H47N3.C67H42N2S/c1-3-21-49(22-4-1)53-25-7-8-26-54(53)55-27-10-15-36-65(55)74(52-44-41-48(42-45-52)50-43-46-58-56-28-11-16-37-66(56)75(70(58)47-50)51-23-5-2-6-24-51)69-40-20-34-63-71(69)60-30-9-13-32-61(60)73(63)62-33-14-18-39-68(62)76-67-38-17-12-29-57(67)59-31-19-35-64(73)72(59)76;1-2-18-44(19-3-1)47-20-4-5-21-48(47)49-22-7-12-31-59(49)68(46-39-36-43(37-40-46)45-38-41-64-54(42-45)51-24-9-15-35-63(51)70-64)62-34-17-29-57-65(62)53-25-6-10-27-55(53)67(57)56-28-11-14-33-61(56)69-60-32-13-8-23-50(60)52-26-16-30-58(67)66(52)69/h1-47H;1-42H. The van der Waals surface area contributed by atoms with Crippen LogP contribution >= 0.6 is 11.3 Å². The molecule has 4 aromatic heterocycles. The van der Waals surface area contributed by atoms with E-state index in [0.717, 1.165) is 56.5 Å². The maximum atomic E-state index is 2.54. The average Bonchev–Trinajstić information content (AvgIpc) is 1.50. The third-order valence-corrected chi connectivity index (χ3v) is 32.9. The minimum atomic E-state index is -0.599. The summed E-state index contributed by atoms with van der Waals surface area (Å²) in [4.78, 5) is 5.08. The van der Waals surface area contributed by atoms with E-state index < -0.39 is 10.8 Å². The maximum Gasteiger partial charge on any atom is 0.0755 e. The third kappa shape index (κ3) is 12.1. The van der Waals surface area contributed by atoms with Gasteiger partial charge in [0.25, 0.3) is 0 Å². The SMILES string of the molecule is c1ccc(-c2ccccc2-c2ccccc2N(c2ccc(-c3ccc4c5ccccc5n(-c5ccccc5)c4c3)cc2)c2cccc3c2-c2ccccc2C32c3ccccc3-n3c4ccccc4c4cccc2c43)cc1.c1ccc(-c2ccccc2-c2ccccc2N(c2ccc(-c3ccc4sc5ccccc5c4c3)cc2)c2cccc3c2-c2ccccc2C32c3ccccc3-n3c4ccccc4c4cccc2c43)cc1. The summed E-state index contributed by atoms with van der Waals surface area (Å²) in [6, 6.07) is 201. The second-order valence-electron chi connectivity index (χ2n) is 39.0. The summed E-state index contributed by atoms with van der Waals surface area (Å²) in [6.07, 6.45) is 0. The van der Waals surface area contributed by atoms with Gasteiger partial charge in [0.1, 0.15) is 0 Å². The molecule has 146 heavy (non-hydrogen) atoms. The molecule has 0 saturated carbocycles. The molecule has 6 heteroatoms. The molecule has 0 fully saturated rings. The molecule has 0 saturated heterocycles. The smallest absolute Gasteiger partial charge is 0.0755 e. The van der Waals surface area contributed by atoms with Gasteiger partial charge in [0.15, 0.2) is 0 Å². The largest absolute Gasteiger partial charge is 0.309 e. The number of aromatic nitrogens is 3. The fourth-order valence-electron chi connectivity index (χ4n) is 25.9. The highest BCUT2D eigenvalue weighted by Crippen LogP contribution is 2.67. The Hall–Kier alpha value is -18.7. The molecule has 680 valence electrons. The van der Waals surface area contributed by atoms with Crippen LogP contribution in [-0.4, -0.2) is 13.7 Å². The van der Waals surface area contributed by atoms with Crippen LogP contribution in [-0.2, 0) is 10.8 Å². The van der Waals surface area contributed by atoms with Crippen LogP contribution in [0.5, 0.6) is 0 Å². The molecular formula is C140H89N5S. The van der Waals surface area contributed by atoms with Crippen LogP contribution in [0.25, 0.3) is 192 Å². The average molecular weight is 1870 g/mol. The molecule has 2 aliphatic carbocycles. The Morgan fingerprint density at radius 3 is 1.00 bits per heavy atom. The lowest BCUT2D eigenvalue weighted by Gasteiger charge is -2.39. The molecule has 27 aromatic rings. The van der Waals surface area contributed by atoms with Gasteiger partial charge in [0.05, 0.1) is 78.1 Å². The van der Waals surface area contributed by atoms with Crippen LogP contribution in [0, 0.1) is 0 Å². The van der Waals surface area contributed by atoms with E-state index in [-0.39, 0.29) is 0 Å². The van der Waals surface area contributed by atoms with Gasteiger partial charge in [-0.25, -0.2) is 0 Å². The van der Waals surface area contributed by atoms with Gasteiger partial charge in [0, 0.05) is 91.8 Å². The number of para-hydroxylation sites is 10. The van der Waals surface area contributed by atoms with Crippen LogP contribution in [0.15, 0.2) is 540 Å². The van der Waals surface area contributed by atoms with E-state index in [9.17, 15) is 0 Å². The van der Waals surface area contributed by atoms with E-state index >= 15 is 0 Å². The second-order valence-corrected chi connectivity index (χ2v) is 40.1. The molecule has 23 aromatic carbocycles. The van der Waals surface area contributed by atoms with Gasteiger partial charge in [-0.05, 0) is 227 Å². The number of rotatable bonds is 13. The van der Waals surface area contributed by atoms with Crippen molar-refractivity contribution in [3.63, 3.8) is 0 Å². The summed E-state index contributed by atoms with van der Waals surface area (Å²) < 4.78 is 10.1. The predicted molar refractivity (Wildman–Crippen MR) is 612 cm³/mol. The molecule has 6 heterocycles. The highest BCUT2D eigenvalue weighted by Gasteiger charge is 2.54. The molecule has 0 radical (unpaired) electrons. The van der Waals surface area contributed by atoms with E-state index in [2.05, 4.69) is 563 Å². The third-order valence-electron chi connectivity index (χ3n) is 31.7. The van der Waals surface area contributed by atoms with Gasteiger partial charge in [-0.3, -0.25) is 0 Å². The van der Waals surface area contributed by atoms with Gasteiger partial charge < -0.3 is 23.5 Å². The first-order chi connectivity index (χ1) is 72.5. The Bertz CT molecular complexity index is 10000. The molecule has 2 spiro atoms. The van der Waals surface area contributed by atoms with Gasteiger partial charge in [-0.15, -0.1) is 11.3 Å². The summed E-state index contributed by atoms with van der Waals surface area (Å²) in [6.45, 7) is 0. The first kappa shape index (κ1) is 83.1. The summed E-state index contributed by atoms with van der Waals surface area (Å²) in [5.41, 5.74) is 46.0. The van der Waals surface area contributed by atoms with E-state index in [1.165, 1.54) is 214 Å². The minimum Gasteiger partial charge on any atom is -0.309 e. The van der Waals surface area contributed by atoms with E-state index in [0.29, 0.717) is 0 Å². The van der Waals surface area contributed by atoms with Crippen molar-refractivity contribution < 1.29 is 0 Å². The van der Waals surface area contributed by atoms with Crippen LogP contribution in [0.2, 0.25) is 0 Å². The van der Waals surface area contributed by atoms with E-state index in [1.807, 2.05) is 11.3 Å². The number of fused-ring (bicyclic) bond motifs is 30. The van der Waals surface area contributed by atoms with Crippen LogP contribution < -0.4 is 9.80 Å². The van der Waals surface area contributed by atoms with Crippen LogP contribution in [0.4, 0.5) is 34.1 Å². The van der Waals surface area contributed by atoms with Crippen molar-refractivity contribution in [3.05, 3.63) is 584 Å². The van der Waals surface area contributed by atoms with Crippen molar-refractivity contribution in [2.75, 3.05) is 9.80 Å². The van der Waals surface area contributed by atoms with E-state index in [4.69, 9.17) is 0 Å². The first-order valence-electron chi connectivity index (χ1n) is 50.5. The lowest BCUT2D eigenvalue weighted by molar-refractivity contribution is 0.748. The zero-order valence-corrected chi connectivity index (χ0v) is 80.3. The number of benzene rings is 23. The highest BCUT2D eigenvalue weighted by molar-refractivity contribution is 7.25. The molecule has 0 amide bonds. The molecule has 0 N–H and O–H groups in total. The van der Waals surface area contributed by atoms with Crippen molar-refractivity contribution in [2.45, 2.75) is 10.8 Å². The fraction of sp³-hybridized carbons (Fsp3) is 0.0143. The van der Waals surface area contributed by atoms with Crippen molar-refractivity contribution in [2.24, 2.45) is 0 Å². The monoisotopic (exact) mass is 1870 g/mol. The van der Waals surface area contributed by atoms with Gasteiger partial charge >= 0.3 is 0 Å². The quantitative estimate of drug-likeness (QED) is 0.115. The van der Waals surface area contributed by atoms with Gasteiger partial charge in [0.2, 0.25) is 0 Å². The Kier molecular flexibility index (Phi) is 18.8. The van der Waals surface area contributed by atoms with Crippen LogP contribution in [0.3, 0.4) is 0 Å². The highest BCUT2D eigenvalue weighted by atomic mass is 32.1. The Morgan fingerprint density at radius 1 is 0.171 bits per heavy atom. The second kappa shape index (κ2) is 32.9. The lowest BCUT2D eigenvalue weighted by atomic mass is 9.65. The first-order valence-corrected chi connectivity index (χ1v) is 51.3. The molecule has 31 rings (SSSR count). The van der Waals surface area contributed by atoms with Crippen molar-refractivity contribution in [3.8, 4) is 106 Å². The van der Waals surface area contributed by atoms with Crippen molar-refractivity contribution >= 4 is 131 Å². The predicted octanol–water partition coefficient (Wildman–Crippen LogP) is 37.3.